The molecule has 7 rings (SSSR count). The van der Waals surface area contributed by atoms with Crippen molar-refractivity contribution in [1.82, 2.24) is 24.9 Å². The lowest BCUT2D eigenvalue weighted by Gasteiger charge is -2.31. The van der Waals surface area contributed by atoms with E-state index in [-0.39, 0.29) is 24.2 Å². The lowest BCUT2D eigenvalue weighted by molar-refractivity contribution is 0.0803. The predicted octanol–water partition coefficient (Wildman–Crippen LogP) is 6.55. The SMILES string of the molecule is Cc1cc(NC(=O)c2nn(CC3CCN(C(=O)OCc4ccccc4)CC3)c3ccccc23)ccc1-c1n[nH]c(=O)c2ccccc12. The van der Waals surface area contributed by atoms with Crippen molar-refractivity contribution in [2.75, 3.05) is 18.4 Å². The minimum Gasteiger partial charge on any atom is -0.445 e. The summed E-state index contributed by atoms with van der Waals surface area (Å²) in [6, 6.07) is 30.4. The molecular weight excluding hydrogens is 592 g/mol. The molecule has 10 nitrogen and oxygen atoms in total. The third-order valence-corrected chi connectivity index (χ3v) is 8.82. The fourth-order valence-electron chi connectivity index (χ4n) is 6.31. The second-order valence-electron chi connectivity index (χ2n) is 11.9. The molecule has 0 radical (unpaired) electrons. The summed E-state index contributed by atoms with van der Waals surface area (Å²) >= 11 is 0. The molecule has 47 heavy (non-hydrogen) atoms. The summed E-state index contributed by atoms with van der Waals surface area (Å²) in [6.45, 7) is 4.09. The molecule has 0 bridgehead atoms. The molecule has 0 aliphatic carbocycles. The van der Waals surface area contributed by atoms with Crippen LogP contribution in [0.1, 0.15) is 34.5 Å². The zero-order valence-electron chi connectivity index (χ0n) is 26.0. The molecule has 0 spiro atoms. The second kappa shape index (κ2) is 12.9. The van der Waals surface area contributed by atoms with Crippen LogP contribution in [0.15, 0.2) is 102 Å². The summed E-state index contributed by atoms with van der Waals surface area (Å²) in [5.74, 6) is 0.0101. The minimum absolute atomic E-state index is 0.234. The summed E-state index contributed by atoms with van der Waals surface area (Å²) in [5, 5.41) is 16.9. The van der Waals surface area contributed by atoms with Crippen molar-refractivity contribution in [2.24, 2.45) is 5.92 Å². The van der Waals surface area contributed by atoms with Gasteiger partial charge in [0.25, 0.3) is 11.5 Å². The van der Waals surface area contributed by atoms with Gasteiger partial charge in [-0.1, -0.05) is 72.8 Å². The van der Waals surface area contributed by atoms with E-state index in [0.29, 0.717) is 48.0 Å². The number of H-pyrrole nitrogens is 1. The molecule has 236 valence electrons. The number of hydrogen-bond acceptors (Lipinski definition) is 6. The number of ether oxygens (including phenoxy) is 1. The standard InChI is InChI=1S/C37H34N6O4/c1-24-21-27(15-16-28(24)33-29-11-5-6-12-30(29)35(44)40-39-33)38-36(45)34-31-13-7-8-14-32(31)43(41-34)22-25-17-19-42(20-18-25)37(46)47-23-26-9-3-2-4-10-26/h2-16,21,25H,17-20,22-23H2,1H3,(H,38,45)(H,40,44). The van der Waals surface area contributed by atoms with Crippen molar-refractivity contribution in [3.05, 3.63) is 124 Å². The number of aromatic nitrogens is 4. The van der Waals surface area contributed by atoms with E-state index in [1.54, 1.807) is 11.0 Å². The number of fused-ring (bicyclic) bond motifs is 2. The molecule has 1 fully saturated rings. The number of benzene rings is 4. The second-order valence-corrected chi connectivity index (χ2v) is 11.9. The van der Waals surface area contributed by atoms with Crippen LogP contribution in [-0.4, -0.2) is 50.0 Å². The lowest BCUT2D eigenvalue weighted by Crippen LogP contribution is -2.39. The molecule has 0 saturated carbocycles. The molecule has 4 aromatic carbocycles. The van der Waals surface area contributed by atoms with Crippen LogP contribution in [0.5, 0.6) is 0 Å². The van der Waals surface area contributed by atoms with Gasteiger partial charge >= 0.3 is 6.09 Å². The van der Waals surface area contributed by atoms with Crippen LogP contribution in [-0.2, 0) is 17.9 Å². The Hall–Kier alpha value is -5.77. The number of amides is 2. The van der Waals surface area contributed by atoms with E-state index in [0.717, 1.165) is 45.8 Å². The quantitative estimate of drug-likeness (QED) is 0.207. The van der Waals surface area contributed by atoms with Gasteiger partial charge in [-0.15, -0.1) is 0 Å². The first-order valence-electron chi connectivity index (χ1n) is 15.8. The van der Waals surface area contributed by atoms with Crippen molar-refractivity contribution in [1.29, 1.82) is 0 Å². The van der Waals surface area contributed by atoms with Crippen LogP contribution in [0.3, 0.4) is 0 Å². The summed E-state index contributed by atoms with van der Waals surface area (Å²) in [5.41, 5.74) is 5.05. The molecule has 3 heterocycles. The number of aromatic amines is 1. The van der Waals surface area contributed by atoms with Gasteiger partial charge in [0, 0.05) is 41.7 Å². The number of carbonyl (C=O) groups is 2. The maximum absolute atomic E-state index is 13.6. The highest BCUT2D eigenvalue weighted by atomic mass is 16.6. The van der Waals surface area contributed by atoms with Crippen molar-refractivity contribution >= 4 is 39.4 Å². The molecule has 1 aliphatic rings. The number of para-hydroxylation sites is 1. The largest absolute Gasteiger partial charge is 0.445 e. The van der Waals surface area contributed by atoms with Crippen molar-refractivity contribution in [2.45, 2.75) is 32.9 Å². The van der Waals surface area contributed by atoms with E-state index in [2.05, 4.69) is 15.5 Å². The van der Waals surface area contributed by atoms with E-state index in [9.17, 15) is 14.4 Å². The molecular formula is C37H34N6O4. The maximum Gasteiger partial charge on any atom is 0.410 e. The maximum atomic E-state index is 13.6. The Kier molecular flexibility index (Phi) is 8.22. The van der Waals surface area contributed by atoms with E-state index in [1.165, 1.54) is 0 Å². The molecule has 2 aromatic heterocycles. The van der Waals surface area contributed by atoms with Crippen LogP contribution in [0.2, 0.25) is 0 Å². The number of anilines is 1. The smallest absolute Gasteiger partial charge is 0.410 e. The average Bonchev–Trinajstić information content (AvgIpc) is 3.47. The number of rotatable bonds is 7. The average molecular weight is 627 g/mol. The third-order valence-electron chi connectivity index (χ3n) is 8.82. The minimum atomic E-state index is -0.296. The molecule has 0 unspecified atom stereocenters. The molecule has 1 saturated heterocycles. The van der Waals surface area contributed by atoms with Crippen molar-refractivity contribution in [3.8, 4) is 11.3 Å². The molecule has 1 aliphatic heterocycles. The van der Waals surface area contributed by atoms with Crippen LogP contribution in [0.25, 0.3) is 32.9 Å². The van der Waals surface area contributed by atoms with Crippen molar-refractivity contribution in [3.63, 3.8) is 0 Å². The normalized spacial score (nSPS) is 13.6. The van der Waals surface area contributed by atoms with E-state index in [4.69, 9.17) is 9.84 Å². The highest BCUT2D eigenvalue weighted by Gasteiger charge is 2.26. The van der Waals surface area contributed by atoms with Crippen LogP contribution >= 0.6 is 0 Å². The monoisotopic (exact) mass is 626 g/mol. The zero-order chi connectivity index (χ0) is 32.3. The highest BCUT2D eigenvalue weighted by molar-refractivity contribution is 6.11. The number of nitrogens with one attached hydrogen (secondary N) is 2. The number of hydrogen-bond donors (Lipinski definition) is 2. The first kappa shape index (κ1) is 29.9. The van der Waals surface area contributed by atoms with Gasteiger partial charge in [-0.3, -0.25) is 14.3 Å². The zero-order valence-corrected chi connectivity index (χ0v) is 26.0. The van der Waals surface area contributed by atoms with Gasteiger partial charge in [0.1, 0.15) is 6.61 Å². The van der Waals surface area contributed by atoms with E-state index < -0.39 is 0 Å². The summed E-state index contributed by atoms with van der Waals surface area (Å²) in [7, 11) is 0. The Morgan fingerprint density at radius 3 is 2.36 bits per heavy atom. The molecule has 6 aromatic rings. The number of likely N-dealkylation sites (tertiary alicyclic amines) is 1. The predicted molar refractivity (Wildman–Crippen MR) is 181 cm³/mol. The molecule has 2 N–H and O–H groups in total. The Labute approximate surface area is 271 Å². The van der Waals surface area contributed by atoms with Crippen LogP contribution < -0.4 is 10.9 Å². The molecule has 2 amide bonds. The van der Waals surface area contributed by atoms with Gasteiger partial charge in [-0.2, -0.15) is 10.2 Å². The van der Waals surface area contributed by atoms with E-state index >= 15 is 0 Å². The number of aryl methyl sites for hydroxylation is 1. The summed E-state index contributed by atoms with van der Waals surface area (Å²) in [4.78, 5) is 40.3. The Balaban J connectivity index is 1.03. The fraction of sp³-hybridized carbons (Fsp3) is 0.216. The first-order chi connectivity index (χ1) is 22.9. The lowest BCUT2D eigenvalue weighted by atomic mass is 9.97. The fourth-order valence-corrected chi connectivity index (χ4v) is 6.31. The van der Waals surface area contributed by atoms with Crippen LogP contribution in [0.4, 0.5) is 10.5 Å². The third kappa shape index (κ3) is 6.22. The number of carbonyl (C=O) groups excluding carboxylic acids is 2. The van der Waals surface area contributed by atoms with Gasteiger partial charge in [0.15, 0.2) is 5.69 Å². The Bertz CT molecular complexity index is 2150. The van der Waals surface area contributed by atoms with Gasteiger partial charge in [0.05, 0.1) is 16.6 Å². The summed E-state index contributed by atoms with van der Waals surface area (Å²) in [6.07, 6.45) is 1.35. The topological polar surface area (TPSA) is 122 Å². The van der Waals surface area contributed by atoms with Crippen LogP contribution in [0, 0.1) is 12.8 Å². The van der Waals surface area contributed by atoms with Gasteiger partial charge in [-0.25, -0.2) is 9.89 Å². The molecule has 0 atom stereocenters. The first-order valence-corrected chi connectivity index (χ1v) is 15.8. The summed E-state index contributed by atoms with van der Waals surface area (Å²) < 4.78 is 7.44. The van der Waals surface area contributed by atoms with Gasteiger partial charge in [0.2, 0.25) is 0 Å². The Morgan fingerprint density at radius 1 is 0.894 bits per heavy atom. The van der Waals surface area contributed by atoms with E-state index in [1.807, 2.05) is 103 Å². The van der Waals surface area contributed by atoms with Gasteiger partial charge < -0.3 is 15.0 Å². The Morgan fingerprint density at radius 2 is 1.60 bits per heavy atom. The number of piperidine rings is 1. The van der Waals surface area contributed by atoms with Crippen molar-refractivity contribution < 1.29 is 14.3 Å². The molecule has 10 heteroatoms. The van der Waals surface area contributed by atoms with Gasteiger partial charge in [-0.05, 0) is 61.1 Å². The number of nitrogens with zero attached hydrogens (tertiary/aromatic N) is 4. The highest BCUT2D eigenvalue weighted by Crippen LogP contribution is 2.30.